The Kier molecular flexibility index (Phi) is 20.8. The zero-order valence-electron chi connectivity index (χ0n) is 43.7. The molecular weight excluding hydrogens is 1010 g/mol. The Morgan fingerprint density at radius 1 is 0.584 bits per heavy atom. The summed E-state index contributed by atoms with van der Waals surface area (Å²) in [7, 11) is 3.67. The molecule has 0 aliphatic carbocycles. The summed E-state index contributed by atoms with van der Waals surface area (Å²) in [6.45, 7) is 2.94. The number of aliphatic hydroxyl groups is 3. The number of benzene rings is 3. The van der Waals surface area contributed by atoms with Crippen LogP contribution in [-0.2, 0) is 105 Å². The summed E-state index contributed by atoms with van der Waals surface area (Å²) in [5.74, 6) is -5.55. The number of carbonyl (C=O) groups is 3. The highest BCUT2D eigenvalue weighted by Crippen LogP contribution is 2.41. The SMILES string of the molecule is COC(=O)[C@@]1(C)OC[C@H]2O[C@@H](O[C@@H]3[C@@H](O)[C@H](O[C@H]4[C@H](OCc5ccccc5)[C@@H](O)[C@H](OCCCCCNC(=O)OCc5ccccc5)O[C@@H]4COCc4ccccc4)O[C@@H]4CO[C@](C)(C(=O)OC)O[C@@H]34)[C@H](O)[C@@H](OC)[C@@H]2O1. The van der Waals surface area contributed by atoms with Crippen LogP contribution in [0.5, 0.6) is 0 Å². The summed E-state index contributed by atoms with van der Waals surface area (Å²) in [5, 5.41) is 39.3. The van der Waals surface area contributed by atoms with Crippen molar-refractivity contribution in [3.63, 3.8) is 0 Å². The Morgan fingerprint density at radius 3 is 1.65 bits per heavy atom. The number of nitrogens with one attached hydrogen (secondary N) is 1. The van der Waals surface area contributed by atoms with E-state index in [2.05, 4.69) is 5.32 Å². The molecule has 77 heavy (non-hydrogen) atoms. The number of hydrogen-bond acceptors (Lipinski definition) is 22. The fourth-order valence-electron chi connectivity index (χ4n) is 9.68. The average molecular weight is 1090 g/mol. The molecule has 3 aromatic carbocycles. The van der Waals surface area contributed by atoms with Crippen LogP contribution in [0.15, 0.2) is 91.0 Å². The smallest absolute Gasteiger partial charge is 0.407 e. The molecule has 0 aromatic heterocycles. The molecule has 5 saturated heterocycles. The van der Waals surface area contributed by atoms with Crippen LogP contribution in [0.1, 0.15) is 49.8 Å². The van der Waals surface area contributed by atoms with Gasteiger partial charge in [0.2, 0.25) is 0 Å². The van der Waals surface area contributed by atoms with Crippen LogP contribution in [0.3, 0.4) is 0 Å². The van der Waals surface area contributed by atoms with Gasteiger partial charge in [0.1, 0.15) is 79.9 Å². The van der Waals surface area contributed by atoms with Crippen molar-refractivity contribution in [1.82, 2.24) is 5.32 Å². The molecule has 424 valence electrons. The van der Waals surface area contributed by atoms with E-state index >= 15 is 0 Å². The van der Waals surface area contributed by atoms with Gasteiger partial charge in [-0.05, 0) is 36.0 Å². The van der Waals surface area contributed by atoms with Gasteiger partial charge in [-0.2, -0.15) is 0 Å². The van der Waals surface area contributed by atoms with E-state index in [-0.39, 0.29) is 46.2 Å². The second kappa shape index (κ2) is 27.4. The Labute approximate surface area is 446 Å². The molecule has 5 aliphatic rings. The number of rotatable bonds is 23. The lowest BCUT2D eigenvalue weighted by atomic mass is 9.94. The van der Waals surface area contributed by atoms with Crippen molar-refractivity contribution < 1.29 is 105 Å². The number of amides is 1. The Hall–Kier alpha value is -4.77. The molecule has 23 heteroatoms. The topological polar surface area (TPSA) is 272 Å². The van der Waals surface area contributed by atoms with Gasteiger partial charge in [0, 0.05) is 34.1 Å². The van der Waals surface area contributed by atoms with Gasteiger partial charge in [-0.3, -0.25) is 0 Å². The lowest BCUT2D eigenvalue weighted by Crippen LogP contribution is -2.71. The Morgan fingerprint density at radius 2 is 1.09 bits per heavy atom. The molecule has 5 fully saturated rings. The lowest BCUT2D eigenvalue weighted by molar-refractivity contribution is -0.424. The third-order valence-electron chi connectivity index (χ3n) is 13.8. The van der Waals surface area contributed by atoms with Crippen LogP contribution < -0.4 is 5.32 Å². The van der Waals surface area contributed by atoms with Crippen LogP contribution in [0.4, 0.5) is 4.79 Å². The molecule has 8 rings (SSSR count). The zero-order valence-corrected chi connectivity index (χ0v) is 43.7. The Bertz CT molecular complexity index is 2310. The molecule has 0 spiro atoms. The summed E-state index contributed by atoms with van der Waals surface area (Å²) in [6.07, 6.45) is -18.7. The highest BCUT2D eigenvalue weighted by Gasteiger charge is 2.61. The standard InChI is InChI=1S/C54H71NO22/c1-53(50(59)63-4)69-30-36-42(76-53)44(62-3)38(56)48(72-36)75-46-40(58)49(73-37-31-70-54(2,51(60)64-5)77-43(37)46)74-41-35(29-65-26-32-18-10-6-11-19-32)71-47(39(57)45(41)67-27-33-20-12-7-13-21-33)66-25-17-9-16-24-55-52(61)68-28-34-22-14-8-15-23-34/h6-8,10-15,18-23,35-49,56-58H,9,16-17,24-31H2,1-5H3,(H,55,61)/t35-,36-,37-,38-,39-,40-,41-,42-,43-,44-,45-,46-,47-,48+,49+,53+,54+/m1/s1. The summed E-state index contributed by atoms with van der Waals surface area (Å²) in [5.41, 5.74) is 2.52. The van der Waals surface area contributed by atoms with Crippen molar-refractivity contribution in [3.05, 3.63) is 108 Å². The molecular formula is C54H71NO22. The van der Waals surface area contributed by atoms with Gasteiger partial charge in [0.05, 0.1) is 47.3 Å². The van der Waals surface area contributed by atoms with Crippen molar-refractivity contribution >= 4 is 18.0 Å². The summed E-state index contributed by atoms with van der Waals surface area (Å²) in [6, 6.07) is 28.1. The third kappa shape index (κ3) is 14.5. The van der Waals surface area contributed by atoms with Crippen molar-refractivity contribution in [2.24, 2.45) is 0 Å². The molecule has 17 atom stereocenters. The van der Waals surface area contributed by atoms with E-state index in [0.717, 1.165) is 23.8 Å². The highest BCUT2D eigenvalue weighted by atomic mass is 16.8. The Balaban J connectivity index is 1.01. The number of ether oxygens (including phenoxy) is 16. The van der Waals surface area contributed by atoms with Gasteiger partial charge < -0.3 is 96.4 Å². The molecule has 4 N–H and O–H groups in total. The van der Waals surface area contributed by atoms with Gasteiger partial charge >= 0.3 is 18.0 Å². The van der Waals surface area contributed by atoms with Crippen molar-refractivity contribution in [2.45, 2.75) is 157 Å². The summed E-state index contributed by atoms with van der Waals surface area (Å²) >= 11 is 0. The van der Waals surface area contributed by atoms with Crippen LogP contribution in [-0.4, -0.2) is 191 Å². The maximum absolute atomic E-state index is 13.1. The minimum atomic E-state index is -1.99. The highest BCUT2D eigenvalue weighted by molar-refractivity contribution is 5.77. The molecule has 5 heterocycles. The van der Waals surface area contributed by atoms with Crippen LogP contribution >= 0.6 is 0 Å². The molecule has 0 saturated carbocycles. The first-order chi connectivity index (χ1) is 37.2. The summed E-state index contributed by atoms with van der Waals surface area (Å²) in [4.78, 5) is 38.0. The van der Waals surface area contributed by atoms with E-state index in [1.807, 2.05) is 91.0 Å². The number of unbranched alkanes of at least 4 members (excludes halogenated alkanes) is 2. The fraction of sp³-hybridized carbons (Fsp3) is 0.611. The monoisotopic (exact) mass is 1090 g/mol. The predicted molar refractivity (Wildman–Crippen MR) is 263 cm³/mol. The van der Waals surface area contributed by atoms with Crippen molar-refractivity contribution in [3.8, 4) is 0 Å². The number of esters is 2. The molecule has 1 amide bonds. The van der Waals surface area contributed by atoms with Crippen LogP contribution in [0.2, 0.25) is 0 Å². The van der Waals surface area contributed by atoms with Gasteiger partial charge in [-0.1, -0.05) is 91.0 Å². The van der Waals surface area contributed by atoms with E-state index in [1.54, 1.807) is 0 Å². The van der Waals surface area contributed by atoms with E-state index in [4.69, 9.17) is 75.8 Å². The minimum absolute atomic E-state index is 0.0117. The molecule has 3 aromatic rings. The first-order valence-electron chi connectivity index (χ1n) is 25.7. The second-order valence-electron chi connectivity index (χ2n) is 19.3. The van der Waals surface area contributed by atoms with E-state index < -0.39 is 122 Å². The fourth-order valence-corrected chi connectivity index (χ4v) is 9.68. The van der Waals surface area contributed by atoms with Crippen molar-refractivity contribution in [2.75, 3.05) is 54.3 Å². The van der Waals surface area contributed by atoms with E-state index in [9.17, 15) is 29.7 Å². The van der Waals surface area contributed by atoms with Gasteiger partial charge in [0.25, 0.3) is 11.6 Å². The van der Waals surface area contributed by atoms with Crippen LogP contribution in [0, 0.1) is 0 Å². The largest absolute Gasteiger partial charge is 0.465 e. The third-order valence-corrected chi connectivity index (χ3v) is 13.8. The maximum Gasteiger partial charge on any atom is 0.407 e. The normalized spacial score (nSPS) is 34.9. The minimum Gasteiger partial charge on any atom is -0.465 e. The molecule has 0 radical (unpaired) electrons. The number of fused-ring (bicyclic) bond motifs is 2. The number of carbonyl (C=O) groups excluding carboxylic acids is 3. The predicted octanol–water partition coefficient (Wildman–Crippen LogP) is 2.55. The lowest BCUT2D eigenvalue weighted by Gasteiger charge is -2.53. The molecule has 0 unspecified atom stereocenters. The maximum atomic E-state index is 13.1. The number of alkyl carbamates (subject to hydrolysis) is 1. The number of hydrogen-bond donors (Lipinski definition) is 4. The van der Waals surface area contributed by atoms with E-state index in [1.165, 1.54) is 28.1 Å². The van der Waals surface area contributed by atoms with Gasteiger partial charge in [0.15, 0.2) is 18.9 Å². The van der Waals surface area contributed by atoms with Crippen molar-refractivity contribution in [1.29, 1.82) is 0 Å². The van der Waals surface area contributed by atoms with E-state index in [0.29, 0.717) is 25.8 Å². The zero-order chi connectivity index (χ0) is 54.5. The molecule has 0 bridgehead atoms. The molecule has 5 aliphatic heterocycles. The number of methoxy groups -OCH3 is 3. The van der Waals surface area contributed by atoms with Gasteiger partial charge in [-0.15, -0.1) is 0 Å². The summed E-state index contributed by atoms with van der Waals surface area (Å²) < 4.78 is 96.2. The van der Waals surface area contributed by atoms with Crippen LogP contribution in [0.25, 0.3) is 0 Å². The number of aliphatic hydroxyl groups excluding tert-OH is 3. The average Bonchev–Trinajstić information content (AvgIpc) is 3.45. The first kappa shape index (κ1) is 58.4. The quantitative estimate of drug-likeness (QED) is 0.0604. The molecule has 23 nitrogen and oxygen atoms in total. The second-order valence-corrected chi connectivity index (χ2v) is 19.3. The first-order valence-corrected chi connectivity index (χ1v) is 25.7. The van der Waals surface area contributed by atoms with Gasteiger partial charge in [-0.25, -0.2) is 14.4 Å².